The van der Waals surface area contributed by atoms with Crippen molar-refractivity contribution in [1.82, 2.24) is 24.7 Å². The number of sulfonamides is 1. The average Bonchev–Trinajstić information content (AvgIpc) is 3.33. The molecule has 1 amide bonds. The van der Waals surface area contributed by atoms with E-state index in [9.17, 15) is 28.4 Å². The monoisotopic (exact) mass is 972 g/mol. The van der Waals surface area contributed by atoms with Crippen LogP contribution in [-0.4, -0.2) is 143 Å². The summed E-state index contributed by atoms with van der Waals surface area (Å²) in [6.07, 6.45) is 3.89. The van der Waals surface area contributed by atoms with Gasteiger partial charge in [-0.25, -0.2) is 13.1 Å². The molecule has 0 spiro atoms. The van der Waals surface area contributed by atoms with E-state index in [-0.39, 0.29) is 29.3 Å². The van der Waals surface area contributed by atoms with Crippen molar-refractivity contribution in [2.45, 2.75) is 55.4 Å². The van der Waals surface area contributed by atoms with Gasteiger partial charge in [0.2, 0.25) is 0 Å². The second kappa shape index (κ2) is 23.7. The number of thioether (sulfide) groups is 1. The van der Waals surface area contributed by atoms with Gasteiger partial charge in [0.25, 0.3) is 21.6 Å². The standard InChI is InChI=1S/C50H65ClN8O6S2/c1-3-55(31-32-60)24-20-42(36-66-44-7-5-4-6-8-44)53-47-18-17-45(33-48(47)59(62)63)67(64,65)54-49(61)39-11-15-43(16-12-39)58-29-27-56(28-30-58)35-40-34-50(2,37-57-25-22-52-23-26-57)21-19-46(40)38-9-13-41(51)14-10-38/h4-18,33,42,52-53,60H,3,19-32,34-37H2,1-2H3,(H,54,61)/t42-,50?/m1/s1. The van der Waals surface area contributed by atoms with Gasteiger partial charge >= 0.3 is 0 Å². The van der Waals surface area contributed by atoms with Gasteiger partial charge < -0.3 is 30.4 Å². The molecule has 360 valence electrons. The minimum Gasteiger partial charge on any atom is -0.395 e. The predicted molar refractivity (Wildman–Crippen MR) is 271 cm³/mol. The fourth-order valence-electron chi connectivity index (χ4n) is 9.50. The third kappa shape index (κ3) is 14.0. The Labute approximate surface area is 405 Å². The third-order valence-corrected chi connectivity index (χ3v) is 16.0. The van der Waals surface area contributed by atoms with E-state index < -0.39 is 31.4 Å². The summed E-state index contributed by atoms with van der Waals surface area (Å²) in [6.45, 7) is 16.1. The summed E-state index contributed by atoms with van der Waals surface area (Å²) in [4.78, 5) is 35.3. The van der Waals surface area contributed by atoms with Crippen LogP contribution in [0.2, 0.25) is 5.02 Å². The van der Waals surface area contributed by atoms with Crippen LogP contribution in [0.25, 0.3) is 5.57 Å². The first kappa shape index (κ1) is 50.4. The number of nitro groups is 1. The molecule has 3 aliphatic rings. The predicted octanol–water partition coefficient (Wildman–Crippen LogP) is 7.32. The van der Waals surface area contributed by atoms with Crippen molar-refractivity contribution >= 4 is 61.9 Å². The zero-order valence-corrected chi connectivity index (χ0v) is 41.1. The topological polar surface area (TPSA) is 164 Å². The van der Waals surface area contributed by atoms with Gasteiger partial charge in [-0.15, -0.1) is 11.8 Å². The lowest BCUT2D eigenvalue weighted by Gasteiger charge is -2.43. The highest BCUT2D eigenvalue weighted by Gasteiger charge is 2.35. The first-order valence-electron chi connectivity index (χ1n) is 23.4. The quantitative estimate of drug-likeness (QED) is 0.0374. The smallest absolute Gasteiger partial charge is 0.293 e. The number of aliphatic hydroxyl groups excluding tert-OH is 1. The molecule has 17 heteroatoms. The number of piperazine rings is 2. The van der Waals surface area contributed by atoms with Gasteiger partial charge in [-0.3, -0.25) is 19.8 Å². The molecule has 67 heavy (non-hydrogen) atoms. The summed E-state index contributed by atoms with van der Waals surface area (Å²) in [5, 5.41) is 29.4. The van der Waals surface area contributed by atoms with Crippen LogP contribution in [0.15, 0.2) is 112 Å². The number of carbonyl (C=O) groups is 1. The van der Waals surface area contributed by atoms with Gasteiger partial charge in [0.1, 0.15) is 5.69 Å². The number of nitro benzene ring substituents is 1. The van der Waals surface area contributed by atoms with E-state index in [2.05, 4.69) is 54.0 Å². The van der Waals surface area contributed by atoms with Crippen LogP contribution in [0.5, 0.6) is 0 Å². The first-order chi connectivity index (χ1) is 32.3. The number of aliphatic hydroxyl groups is 1. The molecule has 2 fully saturated rings. The largest absolute Gasteiger partial charge is 0.395 e. The summed E-state index contributed by atoms with van der Waals surface area (Å²) >= 11 is 7.90. The Morgan fingerprint density at radius 2 is 1.67 bits per heavy atom. The van der Waals surface area contributed by atoms with E-state index in [1.54, 1.807) is 23.9 Å². The molecule has 2 aliphatic heterocycles. The lowest BCUT2D eigenvalue weighted by Crippen LogP contribution is -2.49. The van der Waals surface area contributed by atoms with E-state index in [0.717, 1.165) is 113 Å². The molecule has 2 heterocycles. The molecule has 0 bridgehead atoms. The molecule has 1 unspecified atom stereocenters. The van der Waals surface area contributed by atoms with Crippen molar-refractivity contribution < 1.29 is 23.2 Å². The Kier molecular flexibility index (Phi) is 17.8. The van der Waals surface area contributed by atoms with Crippen LogP contribution in [0.4, 0.5) is 17.1 Å². The Morgan fingerprint density at radius 1 is 0.955 bits per heavy atom. The SMILES string of the molecule is CCN(CCO)CC[C@H](CSc1ccccc1)Nc1ccc(S(=O)(=O)NC(=O)c2ccc(N3CCN(CC4=C(c5ccc(Cl)cc5)CCC(C)(CN5CCNCC5)C4)CC3)cc2)cc1[N+](=O)[O-]. The number of carbonyl (C=O) groups excluding carboxylic acids is 1. The van der Waals surface area contributed by atoms with Crippen molar-refractivity contribution in [3.05, 3.63) is 129 Å². The van der Waals surface area contributed by atoms with E-state index in [4.69, 9.17) is 11.6 Å². The number of hydrogen-bond acceptors (Lipinski definition) is 13. The van der Waals surface area contributed by atoms with E-state index in [1.807, 2.05) is 61.5 Å². The number of amides is 1. The van der Waals surface area contributed by atoms with Gasteiger partial charge in [0, 0.05) is 118 Å². The van der Waals surface area contributed by atoms with Gasteiger partial charge in [0.05, 0.1) is 16.4 Å². The van der Waals surface area contributed by atoms with Gasteiger partial charge in [-0.05, 0) is 109 Å². The lowest BCUT2D eigenvalue weighted by atomic mass is 9.71. The summed E-state index contributed by atoms with van der Waals surface area (Å²) in [6, 6.07) is 28.4. The maximum atomic E-state index is 13.6. The molecular formula is C50H65ClN8O6S2. The minimum absolute atomic E-state index is 0.0247. The fourth-order valence-corrected chi connectivity index (χ4v) is 11.6. The summed E-state index contributed by atoms with van der Waals surface area (Å²) < 4.78 is 29.2. The Hall–Kier alpha value is -4.52. The average molecular weight is 974 g/mol. The van der Waals surface area contributed by atoms with Crippen LogP contribution in [-0.2, 0) is 10.0 Å². The van der Waals surface area contributed by atoms with Crippen LogP contribution < -0.4 is 20.3 Å². The molecule has 4 aromatic rings. The number of benzene rings is 4. The molecule has 4 N–H and O–H groups in total. The van der Waals surface area contributed by atoms with Crippen molar-refractivity contribution in [3.63, 3.8) is 0 Å². The molecule has 2 atom stereocenters. The second-order valence-corrected chi connectivity index (χ2v) is 21.4. The molecular weight excluding hydrogens is 908 g/mol. The highest BCUT2D eigenvalue weighted by molar-refractivity contribution is 7.99. The number of anilines is 2. The zero-order chi connectivity index (χ0) is 47.4. The Balaban J connectivity index is 0.965. The van der Waals surface area contributed by atoms with Gasteiger partial charge in [-0.2, -0.15) is 0 Å². The molecule has 1 aliphatic carbocycles. The highest BCUT2D eigenvalue weighted by Crippen LogP contribution is 2.44. The maximum Gasteiger partial charge on any atom is 0.293 e. The molecule has 7 rings (SSSR count). The number of nitrogens with zero attached hydrogens (tertiary/aromatic N) is 5. The number of rotatable bonds is 21. The van der Waals surface area contributed by atoms with Crippen LogP contribution >= 0.6 is 23.4 Å². The van der Waals surface area contributed by atoms with Crippen LogP contribution in [0.1, 0.15) is 55.5 Å². The van der Waals surface area contributed by atoms with Crippen molar-refractivity contribution in [2.75, 3.05) is 108 Å². The fraction of sp³-hybridized carbons (Fsp3) is 0.460. The second-order valence-electron chi connectivity index (χ2n) is 18.2. The molecule has 2 saturated heterocycles. The summed E-state index contributed by atoms with van der Waals surface area (Å²) in [5.41, 5.74) is 5.29. The normalized spacial score (nSPS) is 19.1. The third-order valence-electron chi connectivity index (χ3n) is 13.2. The van der Waals surface area contributed by atoms with Crippen molar-refractivity contribution in [1.29, 1.82) is 0 Å². The zero-order valence-electron chi connectivity index (χ0n) is 38.7. The van der Waals surface area contributed by atoms with Crippen LogP contribution in [0, 0.1) is 15.5 Å². The first-order valence-corrected chi connectivity index (χ1v) is 26.3. The van der Waals surface area contributed by atoms with Gasteiger partial charge in [0.15, 0.2) is 0 Å². The highest BCUT2D eigenvalue weighted by atomic mass is 35.5. The number of allylic oxidation sites excluding steroid dienone is 1. The molecule has 0 radical (unpaired) electrons. The number of hydrogen-bond donors (Lipinski definition) is 4. The number of likely N-dealkylation sites (N-methyl/N-ethyl adjacent to an activating group) is 1. The Morgan fingerprint density at radius 3 is 2.34 bits per heavy atom. The van der Waals surface area contributed by atoms with Crippen molar-refractivity contribution in [3.8, 4) is 0 Å². The maximum absolute atomic E-state index is 13.6. The number of nitrogens with one attached hydrogen (secondary N) is 3. The van der Waals surface area contributed by atoms with E-state index >= 15 is 0 Å². The van der Waals surface area contributed by atoms with Crippen molar-refractivity contribution in [2.24, 2.45) is 5.41 Å². The molecule has 4 aromatic carbocycles. The molecule has 14 nitrogen and oxygen atoms in total. The summed E-state index contributed by atoms with van der Waals surface area (Å²) in [5.74, 6) is -0.241. The Bertz CT molecular complexity index is 2410. The summed E-state index contributed by atoms with van der Waals surface area (Å²) in [7, 11) is -4.47. The van der Waals surface area contributed by atoms with E-state index in [0.29, 0.717) is 25.3 Å². The van der Waals surface area contributed by atoms with Crippen LogP contribution in [0.3, 0.4) is 0 Å². The number of halogens is 1. The lowest BCUT2D eigenvalue weighted by molar-refractivity contribution is -0.384. The molecule has 0 aromatic heterocycles. The van der Waals surface area contributed by atoms with Gasteiger partial charge in [-0.1, -0.05) is 61.4 Å². The molecule has 0 saturated carbocycles. The minimum atomic E-state index is -4.47. The van der Waals surface area contributed by atoms with E-state index in [1.165, 1.54) is 28.8 Å².